The normalized spacial score (nSPS) is 10.2. The van der Waals surface area contributed by atoms with Crippen molar-refractivity contribution in [3.05, 3.63) is 41.7 Å². The molecule has 0 atom stereocenters. The smallest absolute Gasteiger partial charge is 0.124 e. The lowest BCUT2D eigenvalue weighted by atomic mass is 10.3. The van der Waals surface area contributed by atoms with Gasteiger partial charge in [-0.3, -0.25) is 0 Å². The van der Waals surface area contributed by atoms with E-state index in [0.29, 0.717) is 6.42 Å². The Kier molecular flexibility index (Phi) is 3.24. The minimum absolute atomic E-state index is 0.352. The molecule has 1 heterocycles. The third-order valence-corrected chi connectivity index (χ3v) is 2.65. The summed E-state index contributed by atoms with van der Waals surface area (Å²) >= 11 is 0. The van der Waals surface area contributed by atoms with Gasteiger partial charge in [-0.15, -0.1) is 0 Å². The van der Waals surface area contributed by atoms with E-state index in [1.807, 2.05) is 24.3 Å². The maximum Gasteiger partial charge on any atom is 0.124 e. The molecule has 3 nitrogen and oxygen atoms in total. The first-order chi connectivity index (χ1) is 8.22. The Morgan fingerprint density at radius 2 is 2.18 bits per heavy atom. The van der Waals surface area contributed by atoms with Crippen LogP contribution in [0.15, 0.2) is 35.9 Å². The van der Waals surface area contributed by atoms with Gasteiger partial charge in [0.1, 0.15) is 5.82 Å². The lowest BCUT2D eigenvalue weighted by molar-refractivity contribution is 0.783. The predicted octanol–water partition coefficient (Wildman–Crippen LogP) is 3.07. The summed E-state index contributed by atoms with van der Waals surface area (Å²) in [5.41, 5.74) is 3.32. The number of hydrogen-bond donors (Lipinski definition) is 0. The number of hydrogen-bond acceptors (Lipinski definition) is 2. The molecule has 0 radical (unpaired) electrons. The minimum atomic E-state index is 0.352. The number of nitrogens with zero attached hydrogens (tertiary/aromatic N) is 3. The van der Waals surface area contributed by atoms with Crippen LogP contribution in [0.3, 0.4) is 0 Å². The Morgan fingerprint density at radius 1 is 1.41 bits per heavy atom. The van der Waals surface area contributed by atoms with Crippen molar-refractivity contribution in [3.63, 3.8) is 0 Å². The Balaban J connectivity index is 2.52. The molecule has 1 aromatic heterocycles. The first kappa shape index (κ1) is 11.4. The van der Waals surface area contributed by atoms with Gasteiger partial charge in [-0.1, -0.05) is 23.8 Å². The van der Waals surface area contributed by atoms with Crippen LogP contribution >= 0.6 is 0 Å². The molecule has 0 aliphatic carbocycles. The van der Waals surface area contributed by atoms with Crippen molar-refractivity contribution in [2.75, 3.05) is 0 Å². The van der Waals surface area contributed by atoms with E-state index in [4.69, 9.17) is 5.26 Å². The predicted molar refractivity (Wildman–Crippen MR) is 68.5 cm³/mol. The number of imidazole rings is 1. The summed E-state index contributed by atoms with van der Waals surface area (Å²) in [5.74, 6) is 0.839. The molecule has 0 aliphatic rings. The van der Waals surface area contributed by atoms with Gasteiger partial charge in [-0.05, 0) is 26.0 Å². The molecule has 0 bridgehead atoms. The first-order valence-electron chi connectivity index (χ1n) is 5.67. The van der Waals surface area contributed by atoms with Gasteiger partial charge in [-0.2, -0.15) is 5.26 Å². The second-order valence-corrected chi connectivity index (χ2v) is 4.24. The van der Waals surface area contributed by atoms with Crippen LogP contribution in [0.1, 0.15) is 19.7 Å². The summed E-state index contributed by atoms with van der Waals surface area (Å²) in [6.45, 7) is 4.92. The summed E-state index contributed by atoms with van der Waals surface area (Å²) < 4.78 is 2.10. The third-order valence-electron chi connectivity index (χ3n) is 2.65. The van der Waals surface area contributed by atoms with Gasteiger partial charge in [0.25, 0.3) is 0 Å². The van der Waals surface area contributed by atoms with Crippen molar-refractivity contribution in [1.29, 1.82) is 5.26 Å². The van der Waals surface area contributed by atoms with Gasteiger partial charge >= 0.3 is 0 Å². The molecule has 0 saturated heterocycles. The van der Waals surface area contributed by atoms with E-state index in [1.54, 1.807) is 0 Å². The minimum Gasteiger partial charge on any atom is -0.323 e. The number of rotatable bonds is 3. The molecule has 0 spiro atoms. The highest BCUT2D eigenvalue weighted by Crippen LogP contribution is 2.16. The molecule has 0 N–H and O–H groups in total. The second-order valence-electron chi connectivity index (χ2n) is 4.24. The first-order valence-corrected chi connectivity index (χ1v) is 5.67. The van der Waals surface area contributed by atoms with Crippen LogP contribution in [0.4, 0.5) is 0 Å². The van der Waals surface area contributed by atoms with Crippen LogP contribution in [-0.4, -0.2) is 9.55 Å². The van der Waals surface area contributed by atoms with E-state index < -0.39 is 0 Å². The topological polar surface area (TPSA) is 41.6 Å². The van der Waals surface area contributed by atoms with E-state index in [0.717, 1.165) is 23.4 Å². The molecule has 0 aliphatic heterocycles. The number of nitriles is 1. The fraction of sp³-hybridized carbons (Fsp3) is 0.286. The maximum absolute atomic E-state index is 8.83. The standard InChI is InChI=1S/C14H15N3/c1-11(2)8-10-17-13-6-4-3-5-12(13)16-14(17)7-9-15/h3-6,8H,7,10H2,1-2H3. The van der Waals surface area contributed by atoms with Crippen molar-refractivity contribution >= 4 is 11.0 Å². The van der Waals surface area contributed by atoms with Gasteiger partial charge < -0.3 is 4.57 Å². The second kappa shape index (κ2) is 4.84. The van der Waals surface area contributed by atoms with Crippen molar-refractivity contribution in [2.24, 2.45) is 0 Å². The average Bonchev–Trinajstić information content (AvgIpc) is 2.64. The van der Waals surface area contributed by atoms with Crippen molar-refractivity contribution in [3.8, 4) is 6.07 Å². The quantitative estimate of drug-likeness (QED) is 0.753. The number of aromatic nitrogens is 2. The number of allylic oxidation sites excluding steroid dienone is 2. The molecule has 17 heavy (non-hydrogen) atoms. The van der Waals surface area contributed by atoms with Gasteiger partial charge in [-0.25, -0.2) is 4.98 Å². The average molecular weight is 225 g/mol. The zero-order valence-electron chi connectivity index (χ0n) is 10.1. The van der Waals surface area contributed by atoms with E-state index in [-0.39, 0.29) is 0 Å². The Labute approximate surface area is 101 Å². The summed E-state index contributed by atoms with van der Waals surface area (Å²) in [6, 6.07) is 10.2. The van der Waals surface area contributed by atoms with E-state index in [2.05, 4.69) is 35.5 Å². The van der Waals surface area contributed by atoms with Gasteiger partial charge in [0.05, 0.1) is 23.5 Å². The monoisotopic (exact) mass is 225 g/mol. The zero-order valence-corrected chi connectivity index (χ0v) is 10.1. The van der Waals surface area contributed by atoms with Gasteiger partial charge in [0.2, 0.25) is 0 Å². The number of para-hydroxylation sites is 2. The molecule has 1 aromatic carbocycles. The molecule has 0 amide bonds. The molecule has 0 fully saturated rings. The van der Waals surface area contributed by atoms with Crippen LogP contribution in [0.5, 0.6) is 0 Å². The van der Waals surface area contributed by atoms with Crippen LogP contribution in [0.25, 0.3) is 11.0 Å². The molecular formula is C14H15N3. The molecule has 0 unspecified atom stereocenters. The van der Waals surface area contributed by atoms with Crippen LogP contribution in [-0.2, 0) is 13.0 Å². The highest BCUT2D eigenvalue weighted by molar-refractivity contribution is 5.76. The van der Waals surface area contributed by atoms with Crippen molar-refractivity contribution < 1.29 is 0 Å². The largest absolute Gasteiger partial charge is 0.323 e. The molecular weight excluding hydrogens is 210 g/mol. The van der Waals surface area contributed by atoms with Crippen LogP contribution in [0.2, 0.25) is 0 Å². The third kappa shape index (κ3) is 2.36. The molecule has 2 aromatic rings. The highest BCUT2D eigenvalue weighted by atomic mass is 15.1. The number of benzene rings is 1. The number of fused-ring (bicyclic) bond motifs is 1. The van der Waals surface area contributed by atoms with Gasteiger partial charge in [0, 0.05) is 6.54 Å². The van der Waals surface area contributed by atoms with Crippen molar-refractivity contribution in [1.82, 2.24) is 9.55 Å². The summed E-state index contributed by atoms with van der Waals surface area (Å²) in [5, 5.41) is 8.83. The lowest BCUT2D eigenvalue weighted by Gasteiger charge is -2.04. The Hall–Kier alpha value is -2.08. The zero-order chi connectivity index (χ0) is 12.3. The van der Waals surface area contributed by atoms with E-state index in [1.165, 1.54) is 5.57 Å². The highest BCUT2D eigenvalue weighted by Gasteiger charge is 2.08. The van der Waals surface area contributed by atoms with E-state index in [9.17, 15) is 0 Å². The fourth-order valence-electron chi connectivity index (χ4n) is 1.81. The fourth-order valence-corrected chi connectivity index (χ4v) is 1.81. The van der Waals surface area contributed by atoms with E-state index >= 15 is 0 Å². The summed E-state index contributed by atoms with van der Waals surface area (Å²) in [7, 11) is 0. The molecule has 86 valence electrons. The maximum atomic E-state index is 8.83. The molecule has 3 heteroatoms. The summed E-state index contributed by atoms with van der Waals surface area (Å²) in [6.07, 6.45) is 2.50. The van der Waals surface area contributed by atoms with Crippen molar-refractivity contribution in [2.45, 2.75) is 26.8 Å². The summed E-state index contributed by atoms with van der Waals surface area (Å²) in [4.78, 5) is 4.49. The lowest BCUT2D eigenvalue weighted by Crippen LogP contribution is -2.01. The molecule has 0 saturated carbocycles. The van der Waals surface area contributed by atoms with Gasteiger partial charge in [0.15, 0.2) is 0 Å². The van der Waals surface area contributed by atoms with Crippen LogP contribution in [0, 0.1) is 11.3 Å². The Morgan fingerprint density at radius 3 is 2.88 bits per heavy atom. The van der Waals surface area contributed by atoms with Crippen LogP contribution < -0.4 is 0 Å². The molecule has 2 rings (SSSR count). The Bertz CT molecular complexity index is 595. The SMILES string of the molecule is CC(C)=CCn1c(CC#N)nc2ccccc21.